The number of phenols is 1. The number of halogens is 1. The lowest BCUT2D eigenvalue weighted by Crippen LogP contribution is -2.04. The summed E-state index contributed by atoms with van der Waals surface area (Å²) in [5.41, 5.74) is 0.714. The van der Waals surface area contributed by atoms with Crippen molar-refractivity contribution >= 4 is 27.6 Å². The maximum atomic E-state index is 11.3. The molecule has 0 aliphatic heterocycles. The number of carbonyl (C=O) groups excluding carboxylic acids is 1. The molecular weight excluding hydrogens is 278 g/mol. The van der Waals surface area contributed by atoms with Crippen LogP contribution in [0.3, 0.4) is 0 Å². The van der Waals surface area contributed by atoms with Crippen LogP contribution in [0.2, 0.25) is 0 Å². The van der Waals surface area contributed by atoms with Gasteiger partial charge in [0, 0.05) is 5.56 Å². The first kappa shape index (κ1) is 12.5. The smallest absolute Gasteiger partial charge is 0.337 e. The molecule has 0 unspecified atom stereocenters. The highest BCUT2D eigenvalue weighted by Gasteiger charge is 2.15. The number of methoxy groups -OCH3 is 1. The van der Waals surface area contributed by atoms with Crippen LogP contribution >= 0.6 is 15.9 Å². The van der Waals surface area contributed by atoms with E-state index in [4.69, 9.17) is 5.21 Å². The van der Waals surface area contributed by atoms with E-state index in [-0.39, 0.29) is 22.6 Å². The van der Waals surface area contributed by atoms with Crippen molar-refractivity contribution in [1.29, 1.82) is 0 Å². The summed E-state index contributed by atoms with van der Waals surface area (Å²) in [4.78, 5) is 11.3. The Hall–Kier alpha value is -1.56. The van der Waals surface area contributed by atoms with Gasteiger partial charge in [-0.2, -0.15) is 0 Å². The summed E-state index contributed by atoms with van der Waals surface area (Å²) in [5, 5.41) is 21.3. The minimum absolute atomic E-state index is 0.0945. The number of rotatable bonds is 2. The molecule has 1 rings (SSSR count). The van der Waals surface area contributed by atoms with E-state index in [1.54, 1.807) is 0 Å². The van der Waals surface area contributed by atoms with Gasteiger partial charge < -0.3 is 15.1 Å². The average molecular weight is 288 g/mol. The summed E-state index contributed by atoms with van der Waals surface area (Å²) in [7, 11) is 1.26. The third-order valence-electron chi connectivity index (χ3n) is 2.02. The molecule has 0 aliphatic rings. The Morgan fingerprint density at radius 1 is 1.50 bits per heavy atom. The largest absolute Gasteiger partial charge is 0.506 e. The van der Waals surface area contributed by atoms with Gasteiger partial charge in [0.2, 0.25) is 0 Å². The molecule has 6 heteroatoms. The minimum atomic E-state index is -0.535. The fourth-order valence-corrected chi connectivity index (χ4v) is 1.62. The number of carbonyl (C=O) groups is 1. The lowest BCUT2D eigenvalue weighted by molar-refractivity contribution is 0.0600. The molecule has 1 aromatic rings. The molecule has 0 aliphatic carbocycles. The standard InChI is InChI=1S/C10H10BrNO4/c1-5(12-15)7-3-6(10(14)16-2)4-8(11)9(7)13/h3-4,13,15H,1-2H3. The van der Waals surface area contributed by atoms with Gasteiger partial charge in [0.25, 0.3) is 0 Å². The summed E-state index contributed by atoms with van der Waals surface area (Å²) >= 11 is 3.10. The zero-order valence-electron chi connectivity index (χ0n) is 8.69. The summed E-state index contributed by atoms with van der Waals surface area (Å²) in [5.74, 6) is -0.629. The van der Waals surface area contributed by atoms with Gasteiger partial charge in [0.1, 0.15) is 5.75 Å². The molecule has 0 atom stereocenters. The van der Waals surface area contributed by atoms with Crippen LogP contribution in [0.1, 0.15) is 22.8 Å². The van der Waals surface area contributed by atoms with Crippen LogP contribution in [0.15, 0.2) is 21.8 Å². The number of esters is 1. The van der Waals surface area contributed by atoms with Crippen molar-refractivity contribution in [3.05, 3.63) is 27.7 Å². The first-order valence-electron chi connectivity index (χ1n) is 4.31. The molecule has 86 valence electrons. The first-order valence-corrected chi connectivity index (χ1v) is 5.10. The fourth-order valence-electron chi connectivity index (χ4n) is 1.16. The third-order valence-corrected chi connectivity index (χ3v) is 2.63. The van der Waals surface area contributed by atoms with Gasteiger partial charge in [-0.1, -0.05) is 5.16 Å². The van der Waals surface area contributed by atoms with E-state index >= 15 is 0 Å². The second-order valence-electron chi connectivity index (χ2n) is 3.03. The zero-order valence-corrected chi connectivity index (χ0v) is 10.3. The molecule has 0 spiro atoms. The molecule has 0 saturated heterocycles. The van der Waals surface area contributed by atoms with Crippen LogP contribution in [-0.4, -0.2) is 29.1 Å². The van der Waals surface area contributed by atoms with Crippen LogP contribution in [0.4, 0.5) is 0 Å². The fraction of sp³-hybridized carbons (Fsp3) is 0.200. The maximum Gasteiger partial charge on any atom is 0.337 e. The van der Waals surface area contributed by atoms with Crippen molar-refractivity contribution in [3.8, 4) is 5.75 Å². The highest BCUT2D eigenvalue weighted by Crippen LogP contribution is 2.30. The van der Waals surface area contributed by atoms with Crippen LogP contribution in [0.5, 0.6) is 5.75 Å². The molecule has 2 N–H and O–H groups in total. The normalized spacial score (nSPS) is 11.3. The van der Waals surface area contributed by atoms with Crippen molar-refractivity contribution < 1.29 is 19.8 Å². The quantitative estimate of drug-likeness (QED) is 0.378. The van der Waals surface area contributed by atoms with Crippen molar-refractivity contribution in [1.82, 2.24) is 0 Å². The SMILES string of the molecule is COC(=O)c1cc(Br)c(O)c(C(C)=NO)c1. The predicted octanol–water partition coefficient (Wildman–Crippen LogP) is 2.14. The number of nitrogens with zero attached hydrogens (tertiary/aromatic N) is 1. The summed E-state index contributed by atoms with van der Waals surface area (Å²) in [6, 6.07) is 2.82. The predicted molar refractivity (Wildman–Crippen MR) is 61.1 cm³/mol. The van der Waals surface area contributed by atoms with E-state index < -0.39 is 5.97 Å². The molecule has 5 nitrogen and oxygen atoms in total. The van der Waals surface area contributed by atoms with E-state index in [0.717, 1.165) is 0 Å². The summed E-state index contributed by atoms with van der Waals surface area (Å²) in [6.07, 6.45) is 0. The topological polar surface area (TPSA) is 79.1 Å². The highest BCUT2D eigenvalue weighted by molar-refractivity contribution is 9.10. The molecule has 0 bridgehead atoms. The minimum Gasteiger partial charge on any atom is -0.506 e. The van der Waals surface area contributed by atoms with Crippen LogP contribution < -0.4 is 0 Å². The van der Waals surface area contributed by atoms with E-state index in [2.05, 4.69) is 25.8 Å². The Kier molecular flexibility index (Phi) is 3.89. The van der Waals surface area contributed by atoms with Gasteiger partial charge >= 0.3 is 5.97 Å². The Morgan fingerprint density at radius 3 is 2.62 bits per heavy atom. The second-order valence-corrected chi connectivity index (χ2v) is 3.89. The number of benzene rings is 1. The Morgan fingerprint density at radius 2 is 2.12 bits per heavy atom. The van der Waals surface area contributed by atoms with E-state index in [0.29, 0.717) is 4.47 Å². The Labute approximate surface area is 100 Å². The molecule has 0 aromatic heterocycles. The van der Waals surface area contributed by atoms with Crippen LogP contribution in [0.25, 0.3) is 0 Å². The highest BCUT2D eigenvalue weighted by atomic mass is 79.9. The molecule has 0 heterocycles. The molecule has 0 radical (unpaired) electrons. The number of phenolic OH excluding ortho intramolecular Hbond substituents is 1. The molecule has 0 saturated carbocycles. The number of hydrogen-bond donors (Lipinski definition) is 2. The van der Waals surface area contributed by atoms with Crippen LogP contribution in [-0.2, 0) is 4.74 Å². The second kappa shape index (κ2) is 4.98. The van der Waals surface area contributed by atoms with Crippen LogP contribution in [0, 0.1) is 0 Å². The van der Waals surface area contributed by atoms with Crippen molar-refractivity contribution in [3.63, 3.8) is 0 Å². The van der Waals surface area contributed by atoms with E-state index in [1.807, 2.05) is 0 Å². The lowest BCUT2D eigenvalue weighted by atomic mass is 10.1. The molecular formula is C10H10BrNO4. The molecule has 16 heavy (non-hydrogen) atoms. The summed E-state index contributed by atoms with van der Waals surface area (Å²) in [6.45, 7) is 1.50. The molecule has 1 aromatic carbocycles. The first-order chi connectivity index (χ1) is 7.51. The summed E-state index contributed by atoms with van der Waals surface area (Å²) < 4.78 is 4.88. The molecule has 0 fully saturated rings. The lowest BCUT2D eigenvalue weighted by Gasteiger charge is -2.07. The van der Waals surface area contributed by atoms with Gasteiger partial charge in [-0.3, -0.25) is 0 Å². The Bertz CT molecular complexity index is 456. The zero-order chi connectivity index (χ0) is 12.3. The van der Waals surface area contributed by atoms with Gasteiger partial charge in [-0.05, 0) is 35.0 Å². The molecule has 0 amide bonds. The van der Waals surface area contributed by atoms with Crippen molar-refractivity contribution in [2.75, 3.05) is 7.11 Å². The van der Waals surface area contributed by atoms with Gasteiger partial charge in [-0.15, -0.1) is 0 Å². The van der Waals surface area contributed by atoms with Gasteiger partial charge in [-0.25, -0.2) is 4.79 Å². The number of aromatic hydroxyl groups is 1. The maximum absolute atomic E-state index is 11.3. The third kappa shape index (κ3) is 2.33. The number of hydrogen-bond acceptors (Lipinski definition) is 5. The van der Waals surface area contributed by atoms with E-state index in [9.17, 15) is 9.90 Å². The Balaban J connectivity index is 3.39. The van der Waals surface area contributed by atoms with E-state index in [1.165, 1.54) is 26.2 Å². The number of oxime groups is 1. The van der Waals surface area contributed by atoms with Gasteiger partial charge in [0.15, 0.2) is 0 Å². The average Bonchev–Trinajstić information content (AvgIpc) is 2.30. The monoisotopic (exact) mass is 287 g/mol. The number of ether oxygens (including phenoxy) is 1. The van der Waals surface area contributed by atoms with Gasteiger partial charge in [0.05, 0.1) is 22.9 Å². The van der Waals surface area contributed by atoms with Crippen molar-refractivity contribution in [2.24, 2.45) is 5.16 Å². The van der Waals surface area contributed by atoms with Crippen molar-refractivity contribution in [2.45, 2.75) is 6.92 Å².